The number of rotatable bonds is 7. The van der Waals surface area contributed by atoms with Gasteiger partial charge in [0, 0.05) is 0 Å². The van der Waals surface area contributed by atoms with Gasteiger partial charge >= 0.3 is 7.68 Å². The average molecular weight is 224 g/mol. The Hall–Kier alpha value is 0.120. The summed E-state index contributed by atoms with van der Waals surface area (Å²) in [5, 5.41) is 0. The summed E-state index contributed by atoms with van der Waals surface area (Å²) in [5.74, 6) is 0.575. The van der Waals surface area contributed by atoms with Crippen molar-refractivity contribution >= 4 is 7.68 Å². The highest BCUT2D eigenvalue weighted by atomic mass is 31.2. The molecule has 2 unspecified atom stereocenters. The third-order valence-electron chi connectivity index (χ3n) is 1.98. The first kappa shape index (κ1) is 14.1. The quantitative estimate of drug-likeness (QED) is 0.599. The minimum atomic E-state index is -3.81. The first-order chi connectivity index (χ1) is 6.37. The van der Waals surface area contributed by atoms with E-state index in [4.69, 9.17) is 4.52 Å². The molecule has 14 heavy (non-hydrogen) atoms. The first-order valence-corrected chi connectivity index (χ1v) is 7.04. The molecule has 0 radical (unpaired) electrons. The third-order valence-corrected chi connectivity index (χ3v) is 3.63. The van der Waals surface area contributed by atoms with Crippen molar-refractivity contribution in [2.75, 3.05) is 6.16 Å². The second-order valence-electron chi connectivity index (χ2n) is 4.20. The number of hydrogen-bond acceptors (Lipinski definition) is 2. The van der Waals surface area contributed by atoms with Crippen molar-refractivity contribution in [3.63, 3.8) is 0 Å². The Morgan fingerprint density at radius 1 is 1.29 bits per heavy atom. The van der Waals surface area contributed by atoms with Gasteiger partial charge in [-0.2, -0.15) is 4.20 Å². The maximum atomic E-state index is 13.2. The maximum Gasteiger partial charge on any atom is 0.367 e. The van der Waals surface area contributed by atoms with Gasteiger partial charge in [-0.1, -0.05) is 20.8 Å². The van der Waals surface area contributed by atoms with Gasteiger partial charge in [-0.3, -0.25) is 4.57 Å². The van der Waals surface area contributed by atoms with Gasteiger partial charge in [-0.05, 0) is 32.1 Å². The molecular formula is C10H22FO2P. The molecule has 0 aliphatic heterocycles. The summed E-state index contributed by atoms with van der Waals surface area (Å²) in [6.45, 7) is 7.79. The Morgan fingerprint density at radius 3 is 2.29 bits per heavy atom. The molecular weight excluding hydrogens is 202 g/mol. The Kier molecular flexibility index (Phi) is 6.63. The van der Waals surface area contributed by atoms with Crippen LogP contribution in [0.4, 0.5) is 4.20 Å². The van der Waals surface area contributed by atoms with Crippen LogP contribution in [0.25, 0.3) is 0 Å². The molecule has 0 amide bonds. The van der Waals surface area contributed by atoms with Crippen LogP contribution in [0.2, 0.25) is 0 Å². The van der Waals surface area contributed by atoms with Crippen LogP contribution in [0.15, 0.2) is 0 Å². The van der Waals surface area contributed by atoms with Gasteiger partial charge in [-0.25, -0.2) is 0 Å². The van der Waals surface area contributed by atoms with Gasteiger partial charge < -0.3 is 4.52 Å². The summed E-state index contributed by atoms with van der Waals surface area (Å²) < 4.78 is 29.3. The fraction of sp³-hybridized carbons (Fsp3) is 1.00. The topological polar surface area (TPSA) is 26.3 Å². The van der Waals surface area contributed by atoms with E-state index in [2.05, 4.69) is 13.8 Å². The summed E-state index contributed by atoms with van der Waals surface area (Å²) in [7, 11) is -3.81. The summed E-state index contributed by atoms with van der Waals surface area (Å²) in [4.78, 5) is 0. The monoisotopic (exact) mass is 224 g/mol. The summed E-state index contributed by atoms with van der Waals surface area (Å²) in [6, 6.07) is 0. The summed E-state index contributed by atoms with van der Waals surface area (Å²) in [5.41, 5.74) is 0. The molecule has 0 aliphatic rings. The van der Waals surface area contributed by atoms with Crippen molar-refractivity contribution in [2.24, 2.45) is 5.92 Å². The molecule has 0 aromatic carbocycles. The van der Waals surface area contributed by atoms with Gasteiger partial charge in [0.15, 0.2) is 0 Å². The molecule has 2 atom stereocenters. The smallest absolute Gasteiger partial charge is 0.302 e. The molecule has 0 fully saturated rings. The molecule has 2 nitrogen and oxygen atoms in total. The van der Waals surface area contributed by atoms with Crippen LogP contribution in [0.5, 0.6) is 0 Å². The molecule has 0 spiro atoms. The zero-order chi connectivity index (χ0) is 11.2. The lowest BCUT2D eigenvalue weighted by Crippen LogP contribution is -2.07. The van der Waals surface area contributed by atoms with Gasteiger partial charge in [-0.15, -0.1) is 0 Å². The number of halogens is 1. The van der Waals surface area contributed by atoms with E-state index < -0.39 is 7.68 Å². The maximum absolute atomic E-state index is 13.2. The van der Waals surface area contributed by atoms with Crippen LogP contribution in [0.1, 0.15) is 47.0 Å². The van der Waals surface area contributed by atoms with Crippen LogP contribution in [-0.4, -0.2) is 12.3 Å². The molecule has 0 saturated heterocycles. The highest BCUT2D eigenvalue weighted by molar-refractivity contribution is 7.53. The van der Waals surface area contributed by atoms with Crippen molar-refractivity contribution in [1.82, 2.24) is 0 Å². The van der Waals surface area contributed by atoms with Gasteiger partial charge in [0.25, 0.3) is 0 Å². The van der Waals surface area contributed by atoms with Crippen molar-refractivity contribution < 1.29 is 13.3 Å². The van der Waals surface area contributed by atoms with E-state index in [9.17, 15) is 8.76 Å². The largest absolute Gasteiger partial charge is 0.367 e. The van der Waals surface area contributed by atoms with E-state index >= 15 is 0 Å². The summed E-state index contributed by atoms with van der Waals surface area (Å²) in [6.07, 6.45) is 2.12. The van der Waals surface area contributed by atoms with Crippen molar-refractivity contribution in [3.8, 4) is 0 Å². The van der Waals surface area contributed by atoms with Crippen molar-refractivity contribution in [2.45, 2.75) is 53.1 Å². The lowest BCUT2D eigenvalue weighted by Gasteiger charge is -2.16. The van der Waals surface area contributed by atoms with Crippen LogP contribution < -0.4 is 0 Å². The van der Waals surface area contributed by atoms with Crippen molar-refractivity contribution in [1.29, 1.82) is 0 Å². The minimum Gasteiger partial charge on any atom is -0.302 e. The molecule has 0 bridgehead atoms. The zero-order valence-electron chi connectivity index (χ0n) is 9.62. The summed E-state index contributed by atoms with van der Waals surface area (Å²) >= 11 is 0. The Morgan fingerprint density at radius 2 is 1.86 bits per heavy atom. The molecule has 0 aromatic heterocycles. The Labute approximate surface area is 86.8 Å². The SMILES string of the molecule is CCCP(=O)(F)OC(C)CCC(C)C. The van der Waals surface area contributed by atoms with E-state index in [1.54, 1.807) is 13.8 Å². The molecule has 0 heterocycles. The predicted molar refractivity (Wildman–Crippen MR) is 58.5 cm³/mol. The highest BCUT2D eigenvalue weighted by Gasteiger charge is 2.23. The second-order valence-corrected chi connectivity index (χ2v) is 6.04. The number of hydrogen-bond donors (Lipinski definition) is 0. The Bertz CT molecular complexity index is 195. The third kappa shape index (κ3) is 7.52. The van der Waals surface area contributed by atoms with Crippen LogP contribution >= 0.6 is 7.68 Å². The van der Waals surface area contributed by atoms with E-state index in [1.165, 1.54) is 0 Å². The van der Waals surface area contributed by atoms with Gasteiger partial charge in [0.1, 0.15) is 0 Å². The molecule has 86 valence electrons. The van der Waals surface area contributed by atoms with E-state index in [-0.39, 0.29) is 12.3 Å². The van der Waals surface area contributed by atoms with Crippen molar-refractivity contribution in [3.05, 3.63) is 0 Å². The lowest BCUT2D eigenvalue weighted by molar-refractivity contribution is 0.188. The zero-order valence-corrected chi connectivity index (χ0v) is 10.5. The molecule has 4 heteroatoms. The molecule has 0 saturated carbocycles. The van der Waals surface area contributed by atoms with Crippen LogP contribution in [0, 0.1) is 5.92 Å². The average Bonchev–Trinajstić information content (AvgIpc) is 1.99. The van der Waals surface area contributed by atoms with Crippen LogP contribution in [-0.2, 0) is 9.09 Å². The normalized spacial score (nSPS) is 18.1. The standard InChI is InChI=1S/C10H22FO2P/c1-5-8-14(11,12)13-10(4)7-6-9(2)3/h9-10H,5-8H2,1-4H3. The van der Waals surface area contributed by atoms with Gasteiger partial charge in [0.05, 0.1) is 12.3 Å². The first-order valence-electron chi connectivity index (χ1n) is 5.34. The molecule has 0 N–H and O–H groups in total. The second kappa shape index (κ2) is 6.58. The fourth-order valence-electron chi connectivity index (χ4n) is 1.21. The minimum absolute atomic E-state index is 0.0407. The molecule has 0 aromatic rings. The van der Waals surface area contributed by atoms with Crippen LogP contribution in [0.3, 0.4) is 0 Å². The highest BCUT2D eigenvalue weighted by Crippen LogP contribution is 2.50. The Balaban J connectivity index is 3.81. The fourth-order valence-corrected chi connectivity index (χ4v) is 2.49. The van der Waals surface area contributed by atoms with E-state index in [1.807, 2.05) is 0 Å². The molecule has 0 rings (SSSR count). The van der Waals surface area contributed by atoms with E-state index in [0.717, 1.165) is 12.8 Å². The predicted octanol–water partition coefficient (Wildman–Crippen LogP) is 4.40. The molecule has 0 aliphatic carbocycles. The van der Waals surface area contributed by atoms with Gasteiger partial charge in [0.2, 0.25) is 0 Å². The lowest BCUT2D eigenvalue weighted by atomic mass is 10.1. The van der Waals surface area contributed by atoms with E-state index in [0.29, 0.717) is 12.3 Å².